The number of nitrogens with one attached hydrogen (secondary N) is 1. The first-order chi connectivity index (χ1) is 14.3. The van der Waals surface area contributed by atoms with Gasteiger partial charge in [0.1, 0.15) is 5.82 Å². The molecule has 156 valence electrons. The number of hydrogen-bond acceptors (Lipinski definition) is 5. The molecule has 6 nitrogen and oxygen atoms in total. The molecule has 1 heterocycles. The summed E-state index contributed by atoms with van der Waals surface area (Å²) >= 11 is 1.29. The number of nitrogens with zero attached hydrogens (tertiary/aromatic N) is 3. The van der Waals surface area contributed by atoms with Gasteiger partial charge in [-0.3, -0.25) is 9.59 Å². The van der Waals surface area contributed by atoms with E-state index in [0.29, 0.717) is 28.7 Å². The lowest BCUT2D eigenvalue weighted by Crippen LogP contribution is -2.14. The maximum absolute atomic E-state index is 13.1. The molecule has 0 aliphatic heterocycles. The van der Waals surface area contributed by atoms with Gasteiger partial charge in [0.2, 0.25) is 5.91 Å². The maximum Gasteiger partial charge on any atom is 0.224 e. The molecule has 0 atom stereocenters. The molecule has 3 rings (SSSR count). The van der Waals surface area contributed by atoms with Crippen molar-refractivity contribution >= 4 is 29.1 Å². The van der Waals surface area contributed by atoms with E-state index in [1.807, 2.05) is 13.8 Å². The van der Waals surface area contributed by atoms with Gasteiger partial charge in [-0.15, -0.1) is 10.2 Å². The minimum Gasteiger partial charge on any atom is -0.326 e. The first-order valence-corrected chi connectivity index (χ1v) is 10.5. The molecule has 2 aromatic carbocycles. The van der Waals surface area contributed by atoms with Crippen molar-refractivity contribution in [2.75, 3.05) is 11.1 Å². The summed E-state index contributed by atoms with van der Waals surface area (Å²) < 4.78 is 14.9. The van der Waals surface area contributed by atoms with E-state index in [0.717, 1.165) is 5.56 Å². The van der Waals surface area contributed by atoms with Gasteiger partial charge in [-0.25, -0.2) is 4.39 Å². The summed E-state index contributed by atoms with van der Waals surface area (Å²) in [5.41, 5.74) is 1.98. The molecule has 1 amide bonds. The highest BCUT2D eigenvalue weighted by Gasteiger charge is 2.14. The molecule has 0 aliphatic carbocycles. The van der Waals surface area contributed by atoms with Crippen LogP contribution < -0.4 is 5.32 Å². The molecule has 1 N–H and O–H groups in total. The van der Waals surface area contributed by atoms with Crippen LogP contribution in [0.2, 0.25) is 0 Å². The number of benzene rings is 2. The summed E-state index contributed by atoms with van der Waals surface area (Å²) in [4.78, 5) is 24.4. The zero-order chi connectivity index (χ0) is 21.7. The number of aromatic nitrogens is 3. The standard InChI is InChI=1S/C22H23FN4O2S/c1-14(2)12-20(29)24-18-10-6-15(7-11-18)19(28)13-30-22-26-25-21(27(22)3)16-4-8-17(23)9-5-16/h4-11,14H,12-13H2,1-3H3,(H,24,29). The smallest absolute Gasteiger partial charge is 0.224 e. The summed E-state index contributed by atoms with van der Waals surface area (Å²) in [6, 6.07) is 12.9. The predicted molar refractivity (Wildman–Crippen MR) is 116 cm³/mol. The molecule has 30 heavy (non-hydrogen) atoms. The number of anilines is 1. The van der Waals surface area contributed by atoms with Gasteiger partial charge >= 0.3 is 0 Å². The maximum atomic E-state index is 13.1. The number of carbonyl (C=O) groups is 2. The number of hydrogen-bond donors (Lipinski definition) is 1. The van der Waals surface area contributed by atoms with Crippen LogP contribution in [0.5, 0.6) is 0 Å². The van der Waals surface area contributed by atoms with E-state index in [1.54, 1.807) is 48.0 Å². The van der Waals surface area contributed by atoms with Crippen LogP contribution in [-0.2, 0) is 11.8 Å². The van der Waals surface area contributed by atoms with Gasteiger partial charge in [0.15, 0.2) is 16.8 Å². The van der Waals surface area contributed by atoms with Gasteiger partial charge in [0, 0.05) is 30.3 Å². The summed E-state index contributed by atoms with van der Waals surface area (Å²) in [6.07, 6.45) is 0.453. The molecule has 0 saturated heterocycles. The zero-order valence-electron chi connectivity index (χ0n) is 17.1. The van der Waals surface area contributed by atoms with Crippen LogP contribution in [0, 0.1) is 11.7 Å². The van der Waals surface area contributed by atoms with E-state index < -0.39 is 0 Å². The highest BCUT2D eigenvalue weighted by atomic mass is 32.2. The van der Waals surface area contributed by atoms with E-state index in [2.05, 4.69) is 15.5 Å². The van der Waals surface area contributed by atoms with Gasteiger partial charge in [-0.1, -0.05) is 25.6 Å². The molecular weight excluding hydrogens is 403 g/mol. The van der Waals surface area contributed by atoms with Crippen molar-refractivity contribution in [2.24, 2.45) is 13.0 Å². The number of amides is 1. The molecule has 3 aromatic rings. The van der Waals surface area contributed by atoms with Crippen LogP contribution >= 0.6 is 11.8 Å². The summed E-state index contributed by atoms with van der Waals surface area (Å²) in [6.45, 7) is 3.97. The Balaban J connectivity index is 1.59. The Morgan fingerprint density at radius 1 is 1.07 bits per heavy atom. The third-order valence-electron chi connectivity index (χ3n) is 4.35. The molecule has 0 unspecified atom stereocenters. The minimum absolute atomic E-state index is 0.0427. The van der Waals surface area contributed by atoms with E-state index >= 15 is 0 Å². The highest BCUT2D eigenvalue weighted by molar-refractivity contribution is 7.99. The second-order valence-electron chi connectivity index (χ2n) is 7.31. The molecule has 1 aromatic heterocycles. The average Bonchev–Trinajstić information content (AvgIpc) is 3.07. The van der Waals surface area contributed by atoms with E-state index in [4.69, 9.17) is 0 Å². The number of ketones is 1. The van der Waals surface area contributed by atoms with Crippen molar-refractivity contribution in [1.29, 1.82) is 0 Å². The van der Waals surface area contributed by atoms with Crippen LogP contribution in [0.3, 0.4) is 0 Å². The SMILES string of the molecule is CC(C)CC(=O)Nc1ccc(C(=O)CSc2nnc(-c3ccc(F)cc3)n2C)cc1. The fourth-order valence-corrected chi connectivity index (χ4v) is 3.63. The lowest BCUT2D eigenvalue weighted by Gasteiger charge is -2.08. The predicted octanol–water partition coefficient (Wildman–Crippen LogP) is 4.58. The Morgan fingerprint density at radius 3 is 2.37 bits per heavy atom. The molecule has 0 saturated carbocycles. The van der Waals surface area contributed by atoms with Crippen LogP contribution in [0.15, 0.2) is 53.7 Å². The van der Waals surface area contributed by atoms with Gasteiger partial charge in [-0.2, -0.15) is 0 Å². The monoisotopic (exact) mass is 426 g/mol. The molecule has 0 aliphatic rings. The Morgan fingerprint density at radius 2 is 1.73 bits per heavy atom. The van der Waals surface area contributed by atoms with Gasteiger partial charge in [0.05, 0.1) is 5.75 Å². The van der Waals surface area contributed by atoms with Crippen LogP contribution in [0.4, 0.5) is 10.1 Å². The van der Waals surface area contributed by atoms with Crippen molar-refractivity contribution in [3.63, 3.8) is 0 Å². The number of halogens is 1. The summed E-state index contributed by atoms with van der Waals surface area (Å²) in [5.74, 6) is 0.685. The van der Waals surface area contributed by atoms with E-state index in [1.165, 1.54) is 23.9 Å². The van der Waals surface area contributed by atoms with Crippen molar-refractivity contribution in [3.8, 4) is 11.4 Å². The highest BCUT2D eigenvalue weighted by Crippen LogP contribution is 2.23. The van der Waals surface area contributed by atoms with Crippen molar-refractivity contribution in [2.45, 2.75) is 25.4 Å². The lowest BCUT2D eigenvalue weighted by molar-refractivity contribution is -0.116. The largest absolute Gasteiger partial charge is 0.326 e. The molecule has 0 radical (unpaired) electrons. The lowest BCUT2D eigenvalue weighted by atomic mass is 10.1. The first-order valence-electron chi connectivity index (χ1n) is 9.54. The fourth-order valence-electron chi connectivity index (χ4n) is 2.83. The van der Waals surface area contributed by atoms with Crippen LogP contribution in [-0.4, -0.2) is 32.2 Å². The quantitative estimate of drug-likeness (QED) is 0.421. The molecule has 0 bridgehead atoms. The van der Waals surface area contributed by atoms with Gasteiger partial charge < -0.3 is 9.88 Å². The van der Waals surface area contributed by atoms with Gasteiger partial charge in [-0.05, 0) is 54.4 Å². The molecular formula is C22H23FN4O2S. The van der Waals surface area contributed by atoms with Crippen LogP contribution in [0.25, 0.3) is 11.4 Å². The van der Waals surface area contributed by atoms with Crippen molar-refractivity contribution in [3.05, 3.63) is 59.9 Å². The van der Waals surface area contributed by atoms with E-state index in [-0.39, 0.29) is 29.2 Å². The molecule has 0 spiro atoms. The van der Waals surface area contributed by atoms with E-state index in [9.17, 15) is 14.0 Å². The summed E-state index contributed by atoms with van der Waals surface area (Å²) in [5, 5.41) is 11.7. The molecule has 8 heteroatoms. The normalized spacial score (nSPS) is 11.0. The second kappa shape index (κ2) is 9.67. The number of carbonyl (C=O) groups excluding carboxylic acids is 2. The van der Waals surface area contributed by atoms with Crippen molar-refractivity contribution in [1.82, 2.24) is 14.8 Å². The topological polar surface area (TPSA) is 76.9 Å². The number of thioether (sulfide) groups is 1. The first kappa shape index (κ1) is 21.7. The van der Waals surface area contributed by atoms with Crippen LogP contribution in [0.1, 0.15) is 30.6 Å². The van der Waals surface area contributed by atoms with Crippen molar-refractivity contribution < 1.29 is 14.0 Å². The number of Topliss-reactive ketones (excluding diaryl/α,β-unsaturated/α-hetero) is 1. The second-order valence-corrected chi connectivity index (χ2v) is 8.25. The minimum atomic E-state index is -0.313. The molecule has 0 fully saturated rings. The third kappa shape index (κ3) is 5.54. The Labute approximate surface area is 178 Å². The Kier molecular flexibility index (Phi) is 6.99. The number of rotatable bonds is 8. The van der Waals surface area contributed by atoms with Gasteiger partial charge in [0.25, 0.3) is 0 Å². The average molecular weight is 427 g/mol. The Hall–Kier alpha value is -3.00. The summed E-state index contributed by atoms with van der Waals surface area (Å²) in [7, 11) is 1.81. The third-order valence-corrected chi connectivity index (χ3v) is 5.37. The Bertz CT molecular complexity index is 1030. The fraction of sp³-hybridized carbons (Fsp3) is 0.273. The zero-order valence-corrected chi connectivity index (χ0v) is 17.9.